The maximum atomic E-state index is 12.4. The second-order valence-electron chi connectivity index (χ2n) is 4.51. The molecule has 1 fully saturated rings. The largest absolute Gasteiger partial charge is 0.481 e. The van der Waals surface area contributed by atoms with E-state index in [1.807, 2.05) is 0 Å². The molecule has 100 valence electrons. The Kier molecular flexibility index (Phi) is 3.25. The Bertz CT molecular complexity index is 529. The molecule has 1 aliphatic rings. The van der Waals surface area contributed by atoms with E-state index in [0.717, 1.165) is 0 Å². The highest BCUT2D eigenvalue weighted by atomic mass is 16.4. The van der Waals surface area contributed by atoms with Gasteiger partial charge in [-0.2, -0.15) is 0 Å². The lowest BCUT2D eigenvalue weighted by Crippen LogP contribution is -2.63. The van der Waals surface area contributed by atoms with Gasteiger partial charge < -0.3 is 15.3 Å². The molecule has 1 aliphatic heterocycles. The number of carbonyl (C=O) groups excluding carboxylic acids is 2. The first kappa shape index (κ1) is 13.1. The molecule has 6 heteroatoms. The van der Waals surface area contributed by atoms with Crippen molar-refractivity contribution in [2.24, 2.45) is 0 Å². The first-order valence-electron chi connectivity index (χ1n) is 5.79. The van der Waals surface area contributed by atoms with Crippen LogP contribution in [-0.4, -0.2) is 41.5 Å². The summed E-state index contributed by atoms with van der Waals surface area (Å²) >= 11 is 0. The second-order valence-corrected chi connectivity index (χ2v) is 4.51. The normalized spacial score (nSPS) is 23.1. The smallest absolute Gasteiger partial charge is 0.305 e. The molecule has 1 aromatic carbocycles. The van der Waals surface area contributed by atoms with Crippen LogP contribution in [0, 0.1) is 0 Å². The number of hydrogen-bond donors (Lipinski definition) is 2. The molecule has 1 heterocycles. The number of likely N-dealkylation sites (N-methyl/N-ethyl adjacent to an activating group) is 1. The molecule has 6 nitrogen and oxygen atoms in total. The van der Waals surface area contributed by atoms with Gasteiger partial charge in [0.05, 0.1) is 13.1 Å². The van der Waals surface area contributed by atoms with Crippen molar-refractivity contribution in [1.82, 2.24) is 10.2 Å². The summed E-state index contributed by atoms with van der Waals surface area (Å²) in [5.74, 6) is -2.25. The third-order valence-corrected chi connectivity index (χ3v) is 3.26. The van der Waals surface area contributed by atoms with Gasteiger partial charge >= 0.3 is 5.97 Å². The number of nitrogens with zero attached hydrogens (tertiary/aromatic N) is 1. The van der Waals surface area contributed by atoms with Crippen molar-refractivity contribution >= 4 is 17.8 Å². The van der Waals surface area contributed by atoms with Crippen molar-refractivity contribution in [1.29, 1.82) is 0 Å². The number of nitrogens with one attached hydrogen (secondary N) is 1. The zero-order valence-electron chi connectivity index (χ0n) is 10.4. The predicted molar refractivity (Wildman–Crippen MR) is 66.2 cm³/mol. The molecule has 0 radical (unpaired) electrons. The molecule has 0 bridgehead atoms. The van der Waals surface area contributed by atoms with Crippen LogP contribution in [0.5, 0.6) is 0 Å². The first-order chi connectivity index (χ1) is 8.98. The van der Waals surface area contributed by atoms with E-state index >= 15 is 0 Å². The molecule has 1 unspecified atom stereocenters. The van der Waals surface area contributed by atoms with Crippen LogP contribution >= 0.6 is 0 Å². The van der Waals surface area contributed by atoms with Crippen LogP contribution in [0.15, 0.2) is 30.3 Å². The summed E-state index contributed by atoms with van der Waals surface area (Å²) in [6.07, 6.45) is -0.563. The minimum atomic E-state index is -1.68. The lowest BCUT2D eigenvalue weighted by molar-refractivity contribution is -0.155. The Morgan fingerprint density at radius 3 is 2.58 bits per heavy atom. The Hall–Kier alpha value is -2.37. The highest BCUT2D eigenvalue weighted by Gasteiger charge is 2.52. The van der Waals surface area contributed by atoms with Crippen LogP contribution in [0.1, 0.15) is 12.0 Å². The van der Waals surface area contributed by atoms with E-state index < -0.39 is 29.6 Å². The minimum absolute atomic E-state index is 0.0892. The van der Waals surface area contributed by atoms with E-state index in [4.69, 9.17) is 5.11 Å². The number of hydrogen-bond acceptors (Lipinski definition) is 3. The molecule has 2 N–H and O–H groups in total. The van der Waals surface area contributed by atoms with Crippen molar-refractivity contribution in [3.8, 4) is 0 Å². The van der Waals surface area contributed by atoms with E-state index in [9.17, 15) is 14.4 Å². The van der Waals surface area contributed by atoms with Crippen molar-refractivity contribution in [2.75, 3.05) is 13.7 Å². The number of carbonyl (C=O) groups is 3. The van der Waals surface area contributed by atoms with E-state index in [1.165, 1.54) is 11.9 Å². The summed E-state index contributed by atoms with van der Waals surface area (Å²) in [6.45, 7) is 0.0892. The van der Waals surface area contributed by atoms with Crippen molar-refractivity contribution in [3.05, 3.63) is 35.9 Å². The molecule has 1 atom stereocenters. The summed E-state index contributed by atoms with van der Waals surface area (Å²) in [5, 5.41) is 11.6. The SMILES string of the molecule is CN1CNC(=O)C(CC(=O)O)(c2ccccc2)C1=O. The van der Waals surface area contributed by atoms with Gasteiger partial charge in [0.15, 0.2) is 5.41 Å². The van der Waals surface area contributed by atoms with E-state index in [-0.39, 0.29) is 6.67 Å². The Morgan fingerprint density at radius 2 is 2.00 bits per heavy atom. The standard InChI is InChI=1S/C13H14N2O4/c1-15-8-14-11(18)13(12(15)19,7-10(16)17)9-5-3-2-4-6-9/h2-6H,7-8H2,1H3,(H,14,18)(H,16,17). The lowest BCUT2D eigenvalue weighted by Gasteiger charge is -2.38. The first-order valence-corrected chi connectivity index (χ1v) is 5.79. The third-order valence-electron chi connectivity index (χ3n) is 3.26. The number of rotatable bonds is 3. The van der Waals surface area contributed by atoms with Gasteiger partial charge in [0, 0.05) is 7.05 Å². The maximum absolute atomic E-state index is 12.4. The van der Waals surface area contributed by atoms with Gasteiger partial charge in [0.25, 0.3) is 0 Å². The van der Waals surface area contributed by atoms with Gasteiger partial charge in [0.2, 0.25) is 11.8 Å². The predicted octanol–water partition coefficient (Wildman–Crippen LogP) is -0.0552. The molecule has 19 heavy (non-hydrogen) atoms. The van der Waals surface area contributed by atoms with Gasteiger partial charge in [-0.15, -0.1) is 0 Å². The Morgan fingerprint density at radius 1 is 1.37 bits per heavy atom. The molecule has 0 aromatic heterocycles. The number of carboxylic acids is 1. The highest BCUT2D eigenvalue weighted by molar-refractivity contribution is 6.14. The van der Waals surface area contributed by atoms with Crippen molar-refractivity contribution < 1.29 is 19.5 Å². The molecule has 1 saturated heterocycles. The summed E-state index contributed by atoms with van der Waals surface area (Å²) in [7, 11) is 1.53. The number of benzene rings is 1. The highest BCUT2D eigenvalue weighted by Crippen LogP contribution is 2.32. The quantitative estimate of drug-likeness (QED) is 0.747. The average molecular weight is 262 g/mol. The van der Waals surface area contributed by atoms with Crippen LogP contribution in [0.2, 0.25) is 0 Å². The zero-order chi connectivity index (χ0) is 14.0. The molecule has 0 spiro atoms. The molecular weight excluding hydrogens is 248 g/mol. The second kappa shape index (κ2) is 4.72. The minimum Gasteiger partial charge on any atom is -0.481 e. The van der Waals surface area contributed by atoms with Crippen LogP contribution < -0.4 is 5.32 Å². The van der Waals surface area contributed by atoms with Crippen LogP contribution in [0.3, 0.4) is 0 Å². The summed E-state index contributed by atoms with van der Waals surface area (Å²) in [6, 6.07) is 8.29. The fraction of sp³-hybridized carbons (Fsp3) is 0.308. The van der Waals surface area contributed by atoms with Crippen LogP contribution in [0.25, 0.3) is 0 Å². The van der Waals surface area contributed by atoms with Gasteiger partial charge in [0.1, 0.15) is 0 Å². The maximum Gasteiger partial charge on any atom is 0.305 e. The fourth-order valence-electron chi connectivity index (χ4n) is 2.30. The van der Waals surface area contributed by atoms with E-state index in [0.29, 0.717) is 5.56 Å². The Balaban J connectivity index is 2.59. The van der Waals surface area contributed by atoms with Crippen LogP contribution in [-0.2, 0) is 19.8 Å². The number of amides is 2. The molecule has 0 saturated carbocycles. The van der Waals surface area contributed by atoms with E-state index in [1.54, 1.807) is 30.3 Å². The van der Waals surface area contributed by atoms with Gasteiger partial charge in [-0.05, 0) is 5.56 Å². The van der Waals surface area contributed by atoms with E-state index in [2.05, 4.69) is 5.32 Å². The Labute approximate surface area is 110 Å². The third kappa shape index (κ3) is 2.05. The van der Waals surface area contributed by atoms with Crippen LogP contribution in [0.4, 0.5) is 0 Å². The number of aliphatic carboxylic acids is 1. The fourth-order valence-corrected chi connectivity index (χ4v) is 2.30. The van der Waals surface area contributed by atoms with Gasteiger partial charge in [-0.1, -0.05) is 30.3 Å². The van der Waals surface area contributed by atoms with Gasteiger partial charge in [-0.25, -0.2) is 0 Å². The molecular formula is C13H14N2O4. The molecule has 1 aromatic rings. The summed E-state index contributed by atoms with van der Waals surface area (Å²) in [5.41, 5.74) is -1.29. The summed E-state index contributed by atoms with van der Waals surface area (Å²) in [4.78, 5) is 37.0. The monoisotopic (exact) mass is 262 g/mol. The van der Waals surface area contributed by atoms with Crippen molar-refractivity contribution in [3.63, 3.8) is 0 Å². The van der Waals surface area contributed by atoms with Crippen molar-refractivity contribution in [2.45, 2.75) is 11.8 Å². The lowest BCUT2D eigenvalue weighted by atomic mass is 9.74. The number of carboxylic acid groups (broad SMARTS) is 1. The summed E-state index contributed by atoms with van der Waals surface area (Å²) < 4.78 is 0. The topological polar surface area (TPSA) is 86.7 Å². The molecule has 2 rings (SSSR count). The average Bonchev–Trinajstić information content (AvgIpc) is 2.40. The zero-order valence-corrected chi connectivity index (χ0v) is 10.4. The van der Waals surface area contributed by atoms with Gasteiger partial charge in [-0.3, -0.25) is 14.4 Å². The molecule has 0 aliphatic carbocycles. The molecule has 2 amide bonds.